The van der Waals surface area contributed by atoms with Gasteiger partial charge >= 0.3 is 11.6 Å². The van der Waals surface area contributed by atoms with Gasteiger partial charge in [-0.25, -0.2) is 4.79 Å². The van der Waals surface area contributed by atoms with Crippen LogP contribution in [0.2, 0.25) is 0 Å². The van der Waals surface area contributed by atoms with Crippen LogP contribution in [0.15, 0.2) is 21.3 Å². The van der Waals surface area contributed by atoms with E-state index >= 15 is 0 Å². The fourth-order valence-corrected chi connectivity index (χ4v) is 3.27. The molecule has 3 rings (SSSR count). The van der Waals surface area contributed by atoms with E-state index in [2.05, 4.69) is 18.7 Å². The Morgan fingerprint density at radius 1 is 1.35 bits per heavy atom. The summed E-state index contributed by atoms with van der Waals surface area (Å²) in [6.45, 7) is 9.38. The third-order valence-corrected chi connectivity index (χ3v) is 4.73. The third-order valence-electron chi connectivity index (χ3n) is 4.73. The molecule has 0 aliphatic carbocycles. The first-order valence-electron chi connectivity index (χ1n) is 9.02. The number of carbonyl (C=O) groups excluding carboxylic acids is 1. The predicted molar refractivity (Wildman–Crippen MR) is 98.3 cm³/mol. The number of esters is 1. The number of carbonyl (C=O) groups is 1. The zero-order chi connectivity index (χ0) is 18.8. The number of rotatable bonds is 5. The summed E-state index contributed by atoms with van der Waals surface area (Å²) in [4.78, 5) is 25.8. The van der Waals surface area contributed by atoms with Crippen molar-refractivity contribution < 1.29 is 18.7 Å². The Hall–Kier alpha value is -2.34. The van der Waals surface area contributed by atoms with Gasteiger partial charge in [-0.1, -0.05) is 0 Å². The number of hydrogen-bond acceptors (Lipinski definition) is 6. The van der Waals surface area contributed by atoms with Gasteiger partial charge in [-0.15, -0.1) is 0 Å². The maximum absolute atomic E-state index is 11.9. The van der Waals surface area contributed by atoms with E-state index in [1.807, 2.05) is 13.0 Å². The van der Waals surface area contributed by atoms with Crippen LogP contribution in [0.5, 0.6) is 5.75 Å². The molecule has 0 amide bonds. The zero-order valence-electron chi connectivity index (χ0n) is 15.8. The summed E-state index contributed by atoms with van der Waals surface area (Å²) >= 11 is 0. The van der Waals surface area contributed by atoms with Gasteiger partial charge in [0.1, 0.15) is 18.1 Å². The van der Waals surface area contributed by atoms with Crippen LogP contribution in [0.25, 0.3) is 11.0 Å². The lowest BCUT2D eigenvalue weighted by Crippen LogP contribution is -2.37. The molecule has 2 heterocycles. The molecular formula is C20H25NO5. The lowest BCUT2D eigenvalue weighted by Gasteiger charge is -2.33. The van der Waals surface area contributed by atoms with Gasteiger partial charge in [-0.2, -0.15) is 0 Å². The quantitative estimate of drug-likeness (QED) is 0.603. The van der Waals surface area contributed by atoms with E-state index in [0.29, 0.717) is 44.3 Å². The molecule has 6 heteroatoms. The van der Waals surface area contributed by atoms with Crippen LogP contribution < -0.4 is 10.4 Å². The number of nitrogens with zero attached hydrogens (tertiary/aromatic N) is 1. The van der Waals surface area contributed by atoms with E-state index in [0.717, 1.165) is 27.8 Å². The summed E-state index contributed by atoms with van der Waals surface area (Å²) in [7, 11) is 0. The summed E-state index contributed by atoms with van der Waals surface area (Å²) < 4.78 is 16.6. The minimum absolute atomic E-state index is 0.225. The molecule has 1 aliphatic heterocycles. The van der Waals surface area contributed by atoms with E-state index < -0.39 is 0 Å². The Balaban J connectivity index is 2.09. The topological polar surface area (TPSA) is 69.0 Å². The van der Waals surface area contributed by atoms with Gasteiger partial charge in [-0.3, -0.25) is 9.69 Å². The van der Waals surface area contributed by atoms with Gasteiger partial charge in [0.05, 0.1) is 12.2 Å². The standard InChI is InChI=1S/C20H25NO5/c1-5-24-17(22)7-6-14-9-15-13(4)8-18(23)26-20(15)16-10-21(12(2)3)11-25-19(14)16/h8-9,12H,5-7,10-11H2,1-4H3. The van der Waals surface area contributed by atoms with Crippen LogP contribution in [0, 0.1) is 6.92 Å². The molecule has 0 radical (unpaired) electrons. The fourth-order valence-electron chi connectivity index (χ4n) is 3.27. The van der Waals surface area contributed by atoms with Crippen molar-refractivity contribution in [1.29, 1.82) is 0 Å². The average Bonchev–Trinajstić information content (AvgIpc) is 2.59. The molecule has 0 fully saturated rings. The average molecular weight is 359 g/mol. The maximum Gasteiger partial charge on any atom is 0.336 e. The van der Waals surface area contributed by atoms with Crippen molar-refractivity contribution >= 4 is 16.9 Å². The van der Waals surface area contributed by atoms with Gasteiger partial charge in [0, 0.05) is 30.5 Å². The highest BCUT2D eigenvalue weighted by molar-refractivity contribution is 5.86. The zero-order valence-corrected chi connectivity index (χ0v) is 15.8. The molecule has 0 saturated heterocycles. The molecule has 1 aromatic heterocycles. The van der Waals surface area contributed by atoms with E-state index in [1.54, 1.807) is 6.92 Å². The molecule has 0 atom stereocenters. The first-order valence-corrected chi connectivity index (χ1v) is 9.02. The SMILES string of the molecule is CCOC(=O)CCc1cc2c(C)cc(=O)oc2c2c1OCN(C(C)C)C2. The van der Waals surface area contributed by atoms with Crippen LogP contribution in [0.4, 0.5) is 0 Å². The molecule has 140 valence electrons. The highest BCUT2D eigenvalue weighted by Gasteiger charge is 2.26. The first kappa shape index (κ1) is 18.5. The minimum atomic E-state index is -0.363. The molecule has 0 N–H and O–H groups in total. The number of ether oxygens (including phenoxy) is 2. The second-order valence-corrected chi connectivity index (χ2v) is 6.89. The van der Waals surface area contributed by atoms with Gasteiger partial charge in [0.25, 0.3) is 0 Å². The Morgan fingerprint density at radius 2 is 2.12 bits per heavy atom. The summed E-state index contributed by atoms with van der Waals surface area (Å²) in [6.07, 6.45) is 0.816. The Bertz CT molecular complexity index is 884. The van der Waals surface area contributed by atoms with Gasteiger partial charge in [-0.05, 0) is 51.3 Å². The van der Waals surface area contributed by atoms with E-state index in [9.17, 15) is 9.59 Å². The van der Waals surface area contributed by atoms with Gasteiger partial charge < -0.3 is 13.9 Å². The highest BCUT2D eigenvalue weighted by atomic mass is 16.5. The lowest BCUT2D eigenvalue weighted by molar-refractivity contribution is -0.143. The van der Waals surface area contributed by atoms with Crippen LogP contribution in [-0.2, 0) is 22.5 Å². The molecule has 2 aromatic rings. The first-order chi connectivity index (χ1) is 12.4. The fraction of sp³-hybridized carbons (Fsp3) is 0.500. The largest absolute Gasteiger partial charge is 0.477 e. The van der Waals surface area contributed by atoms with Crippen LogP contribution in [0.3, 0.4) is 0 Å². The number of fused-ring (bicyclic) bond motifs is 3. The minimum Gasteiger partial charge on any atom is -0.477 e. The normalized spacial score (nSPS) is 14.3. The van der Waals surface area contributed by atoms with Crippen molar-refractivity contribution in [2.75, 3.05) is 13.3 Å². The van der Waals surface area contributed by atoms with E-state index in [-0.39, 0.29) is 11.6 Å². The summed E-state index contributed by atoms with van der Waals surface area (Å²) in [5.41, 5.74) is 2.90. The monoisotopic (exact) mass is 359 g/mol. The maximum atomic E-state index is 11.9. The van der Waals surface area contributed by atoms with Crippen molar-refractivity contribution in [3.8, 4) is 5.75 Å². The molecule has 1 aromatic carbocycles. The van der Waals surface area contributed by atoms with E-state index in [4.69, 9.17) is 13.9 Å². The molecule has 0 bridgehead atoms. The molecule has 0 spiro atoms. The van der Waals surface area contributed by atoms with Crippen LogP contribution >= 0.6 is 0 Å². The second kappa shape index (κ2) is 7.50. The van der Waals surface area contributed by atoms with Crippen molar-refractivity contribution in [2.45, 2.75) is 53.1 Å². The molecule has 0 saturated carbocycles. The lowest BCUT2D eigenvalue weighted by atomic mass is 9.97. The number of aryl methyl sites for hydroxylation is 2. The van der Waals surface area contributed by atoms with Gasteiger partial charge in [0.2, 0.25) is 0 Å². The molecular weight excluding hydrogens is 334 g/mol. The van der Waals surface area contributed by atoms with Crippen molar-refractivity contribution in [3.05, 3.63) is 39.2 Å². The van der Waals surface area contributed by atoms with Crippen molar-refractivity contribution in [3.63, 3.8) is 0 Å². The van der Waals surface area contributed by atoms with Crippen molar-refractivity contribution in [2.24, 2.45) is 0 Å². The van der Waals surface area contributed by atoms with Crippen LogP contribution in [0.1, 0.15) is 43.9 Å². The Morgan fingerprint density at radius 3 is 2.81 bits per heavy atom. The smallest absolute Gasteiger partial charge is 0.336 e. The van der Waals surface area contributed by atoms with Crippen molar-refractivity contribution in [1.82, 2.24) is 4.90 Å². The molecule has 0 unspecified atom stereocenters. The molecule has 6 nitrogen and oxygen atoms in total. The second-order valence-electron chi connectivity index (χ2n) is 6.89. The van der Waals surface area contributed by atoms with Gasteiger partial charge in [0.15, 0.2) is 0 Å². The molecule has 26 heavy (non-hydrogen) atoms. The number of benzene rings is 1. The van der Waals surface area contributed by atoms with Crippen LogP contribution in [-0.4, -0.2) is 30.2 Å². The summed E-state index contributed by atoms with van der Waals surface area (Å²) in [6, 6.07) is 3.77. The molecule has 1 aliphatic rings. The Kier molecular flexibility index (Phi) is 5.32. The predicted octanol–water partition coefficient (Wildman–Crippen LogP) is 3.16. The Labute approximate surface area is 152 Å². The third kappa shape index (κ3) is 3.60. The van der Waals surface area contributed by atoms with E-state index in [1.165, 1.54) is 6.07 Å². The summed E-state index contributed by atoms with van der Waals surface area (Å²) in [5.74, 6) is 0.504. The number of hydrogen-bond donors (Lipinski definition) is 0. The highest BCUT2D eigenvalue weighted by Crippen LogP contribution is 2.37. The summed E-state index contributed by atoms with van der Waals surface area (Å²) in [5, 5.41) is 0.886.